The number of hydrogen-bond acceptors (Lipinski definition) is 11. The molecule has 0 spiro atoms. The Morgan fingerprint density at radius 3 is 1.86 bits per heavy atom. The number of rotatable bonds is 14. The summed E-state index contributed by atoms with van der Waals surface area (Å²) in [5.41, 5.74) is 0. The van der Waals surface area contributed by atoms with Crippen LogP contribution in [-0.2, 0) is 56.5 Å². The van der Waals surface area contributed by atoms with Gasteiger partial charge in [0.2, 0.25) is 0 Å². The summed E-state index contributed by atoms with van der Waals surface area (Å²) in [7, 11) is 12.9. The van der Waals surface area contributed by atoms with Crippen LogP contribution in [-0.4, -0.2) is 114 Å². The Morgan fingerprint density at radius 2 is 1.32 bits per heavy atom. The Kier molecular flexibility index (Phi) is 12.9. The average molecular weight is 692 g/mol. The lowest BCUT2D eigenvalue weighted by Gasteiger charge is -2.26. The lowest BCUT2D eigenvalue weighted by molar-refractivity contribution is -0.0509. The fourth-order valence-corrected chi connectivity index (χ4v) is 7.00. The summed E-state index contributed by atoms with van der Waals surface area (Å²) >= 11 is 6.86. The fourth-order valence-electron chi connectivity index (χ4n) is 4.03. The van der Waals surface area contributed by atoms with Crippen molar-refractivity contribution in [1.29, 1.82) is 0 Å². The molecule has 0 aromatic heterocycles. The maximum absolute atomic E-state index is 12.6. The van der Waals surface area contributed by atoms with Gasteiger partial charge in [0.05, 0.1) is 38.1 Å². The monoisotopic (exact) mass is 692 g/mol. The van der Waals surface area contributed by atoms with Crippen molar-refractivity contribution in [2.45, 2.75) is 93.8 Å². The van der Waals surface area contributed by atoms with Gasteiger partial charge in [0.1, 0.15) is 71.0 Å². The minimum atomic E-state index is -4.57. The van der Waals surface area contributed by atoms with E-state index in [1.54, 1.807) is 23.0 Å². The van der Waals surface area contributed by atoms with Gasteiger partial charge in [-0.3, -0.25) is 9.05 Å². The molecule has 0 aromatic rings. The summed E-state index contributed by atoms with van der Waals surface area (Å²) in [6.07, 6.45) is -3.41. The van der Waals surface area contributed by atoms with Gasteiger partial charge < -0.3 is 40.8 Å². The van der Waals surface area contributed by atoms with E-state index in [9.17, 15) is 14.4 Å². The zero-order valence-corrected chi connectivity index (χ0v) is 25.2. The third-order valence-electron chi connectivity index (χ3n) is 5.74. The molecule has 3 rings (SSSR count). The zero-order valence-electron chi connectivity index (χ0n) is 20.4. The quantitative estimate of drug-likeness (QED) is 0.153. The molecule has 12 nitrogen and oxygen atoms in total. The summed E-state index contributed by atoms with van der Waals surface area (Å²) in [6, 6.07) is -1.97. The summed E-state index contributed by atoms with van der Waals surface area (Å²) in [5, 5.41) is 0. The summed E-state index contributed by atoms with van der Waals surface area (Å²) in [5.74, 6) is 0. The van der Waals surface area contributed by atoms with Gasteiger partial charge in [-0.15, -0.1) is 0 Å². The molecule has 6 radical (unpaired) electrons. The van der Waals surface area contributed by atoms with Crippen molar-refractivity contribution in [3.63, 3.8) is 0 Å². The number of hydrogen-bond donors (Lipinski definition) is 2. The minimum absolute atomic E-state index is 0.0712. The first-order valence-corrected chi connectivity index (χ1v) is 16.7. The van der Waals surface area contributed by atoms with Crippen molar-refractivity contribution in [1.82, 2.24) is 0 Å². The topological polar surface area (TPSA) is 141 Å². The molecule has 2 N–H and O–H groups in total. The number of phosphoric acid groups is 1. The molecule has 0 amide bonds. The molecule has 19 heteroatoms. The standard InChI is InChI=1S/C18H30B3IO12P2S/c1-9(2)26-6-13-11(4-17(20)29-13)33-35(23,24)27-7-15-12(5-18(21)31-15)34-36(25,37)28-8-14-10(32-22)3-16(19)30-14/h9-18H,3-8H2,1-2H3,(H,23,24)(H,25,37)/t10?,11?,12?,13-,14-,15-,16-,17-,18-,36?/m1/s1. The molecule has 0 saturated carbocycles. The van der Waals surface area contributed by atoms with E-state index in [2.05, 4.69) is 0 Å². The number of halogens is 1. The van der Waals surface area contributed by atoms with Gasteiger partial charge in [-0.05, 0) is 44.9 Å². The van der Waals surface area contributed by atoms with E-state index in [0.717, 1.165) is 0 Å². The van der Waals surface area contributed by atoms with Gasteiger partial charge in [0.25, 0.3) is 0 Å². The molecule has 3 fully saturated rings. The van der Waals surface area contributed by atoms with Crippen LogP contribution < -0.4 is 0 Å². The summed E-state index contributed by atoms with van der Waals surface area (Å²) in [6.45, 7) is -0.486. The molecule has 0 bridgehead atoms. The van der Waals surface area contributed by atoms with Crippen LogP contribution in [0.2, 0.25) is 0 Å². The summed E-state index contributed by atoms with van der Waals surface area (Å²) < 4.78 is 61.5. The lowest BCUT2D eigenvalue weighted by Crippen LogP contribution is -2.31. The van der Waals surface area contributed by atoms with Crippen molar-refractivity contribution in [2.75, 3.05) is 19.8 Å². The molecule has 37 heavy (non-hydrogen) atoms. The number of ether oxygens (including phenoxy) is 4. The second-order valence-electron chi connectivity index (χ2n) is 9.17. The van der Waals surface area contributed by atoms with Crippen LogP contribution >= 0.6 is 37.5 Å². The van der Waals surface area contributed by atoms with Gasteiger partial charge in [-0.2, -0.15) is 0 Å². The second kappa shape index (κ2) is 14.5. The van der Waals surface area contributed by atoms with Crippen LogP contribution in [0.25, 0.3) is 0 Å². The van der Waals surface area contributed by atoms with Crippen LogP contribution in [0.3, 0.4) is 0 Å². The van der Waals surface area contributed by atoms with E-state index < -0.39 is 69.7 Å². The fraction of sp³-hybridized carbons (Fsp3) is 1.00. The Labute approximate surface area is 240 Å². The van der Waals surface area contributed by atoms with Crippen molar-refractivity contribution < 1.29 is 54.5 Å². The van der Waals surface area contributed by atoms with E-state index in [0.29, 0.717) is 6.42 Å². The smallest absolute Gasteiger partial charge is 0.380 e. The Balaban J connectivity index is 1.50. The third kappa shape index (κ3) is 10.6. The normalized spacial score (nSPS) is 39.7. The number of phosphoric ester groups is 1. The highest BCUT2D eigenvalue weighted by Gasteiger charge is 2.43. The zero-order chi connectivity index (χ0) is 27.4. The predicted octanol–water partition coefficient (Wildman–Crippen LogP) is 1.12. The first-order valence-electron chi connectivity index (χ1n) is 11.7. The van der Waals surface area contributed by atoms with Crippen molar-refractivity contribution in [3.05, 3.63) is 0 Å². The molecule has 3 aliphatic heterocycles. The van der Waals surface area contributed by atoms with Crippen LogP contribution in [0, 0.1) is 0 Å². The van der Waals surface area contributed by atoms with Crippen molar-refractivity contribution in [2.24, 2.45) is 0 Å². The average Bonchev–Trinajstić information content (AvgIpc) is 3.44. The van der Waals surface area contributed by atoms with Gasteiger partial charge in [0, 0.05) is 18.0 Å². The molecule has 3 heterocycles. The van der Waals surface area contributed by atoms with Gasteiger partial charge >= 0.3 is 14.5 Å². The Hall–Kier alpha value is 1.36. The largest absolute Gasteiger partial charge is 0.472 e. The molecule has 3 saturated heterocycles. The maximum atomic E-state index is 12.6. The molecule has 206 valence electrons. The second-order valence-corrected chi connectivity index (χ2v) is 13.9. The maximum Gasteiger partial charge on any atom is 0.472 e. The van der Waals surface area contributed by atoms with E-state index in [4.69, 9.17) is 75.5 Å². The molecular formula is C18H30B3IO12P2S. The van der Waals surface area contributed by atoms with E-state index in [-0.39, 0.29) is 38.3 Å². The first kappa shape index (κ1) is 32.9. The highest BCUT2D eigenvalue weighted by Crippen LogP contribution is 2.50. The van der Waals surface area contributed by atoms with E-state index in [1.807, 2.05) is 13.8 Å². The van der Waals surface area contributed by atoms with Gasteiger partial charge in [0.15, 0.2) is 0 Å². The Morgan fingerprint density at radius 1 is 0.865 bits per heavy atom. The van der Waals surface area contributed by atoms with E-state index >= 15 is 0 Å². The van der Waals surface area contributed by atoms with Crippen LogP contribution in [0.4, 0.5) is 0 Å². The van der Waals surface area contributed by atoms with Crippen LogP contribution in [0.5, 0.6) is 0 Å². The molecule has 0 aliphatic carbocycles. The highest BCUT2D eigenvalue weighted by atomic mass is 127. The third-order valence-corrected chi connectivity index (χ3v) is 8.99. The molecule has 0 aromatic carbocycles. The first-order chi connectivity index (χ1) is 17.3. The van der Waals surface area contributed by atoms with Gasteiger partial charge in [-0.25, -0.2) is 4.57 Å². The van der Waals surface area contributed by atoms with Gasteiger partial charge in [-0.1, -0.05) is 0 Å². The molecular weight excluding hydrogens is 662 g/mol. The SMILES string of the molecule is [B][C@H]1CC(OI)[C@@H](COP(O)(=S)OC2C[C@H]([B])O[C@@H]2COP(=O)(O)OC2C[C@H]([B])O[C@@H]2COC(C)C)O1. The van der Waals surface area contributed by atoms with Crippen LogP contribution in [0.15, 0.2) is 0 Å². The van der Waals surface area contributed by atoms with Crippen LogP contribution in [0.1, 0.15) is 33.1 Å². The van der Waals surface area contributed by atoms with Crippen molar-refractivity contribution in [3.8, 4) is 0 Å². The summed E-state index contributed by atoms with van der Waals surface area (Å²) in [4.78, 5) is 20.9. The minimum Gasteiger partial charge on any atom is -0.380 e. The van der Waals surface area contributed by atoms with E-state index in [1.165, 1.54) is 0 Å². The molecule has 3 aliphatic rings. The highest BCUT2D eigenvalue weighted by molar-refractivity contribution is 14.1. The van der Waals surface area contributed by atoms with Crippen molar-refractivity contribution >= 4 is 72.9 Å². The predicted molar refractivity (Wildman–Crippen MR) is 145 cm³/mol. The molecule has 5 unspecified atom stereocenters. The lowest BCUT2D eigenvalue weighted by atomic mass is 9.96. The Bertz CT molecular complexity index is 837. The molecule has 11 atom stereocenters.